The normalized spacial score (nSPS) is 10.8. The number of unbranched alkanes of at least 4 members (excludes halogenated alkanes) is 3. The van der Waals surface area contributed by atoms with Crippen LogP contribution in [-0.4, -0.2) is 25.4 Å². The first-order valence-corrected chi connectivity index (χ1v) is 9.08. The second kappa shape index (κ2) is 7.90. The van der Waals surface area contributed by atoms with E-state index < -0.39 is 0 Å². The van der Waals surface area contributed by atoms with Crippen molar-refractivity contribution in [3.8, 4) is 17.5 Å². The van der Waals surface area contributed by atoms with Crippen LogP contribution in [0.5, 0.6) is 5.75 Å². The Balaban J connectivity index is 1.90. The molecular weight excluding hydrogens is 336 g/mol. The SMILES string of the molecule is N#CCCCCCSc1nc2cc[nH]c2c(=O)n1-c1ccc(O)cc1. The maximum Gasteiger partial charge on any atom is 0.283 e. The third-order valence-corrected chi connectivity index (χ3v) is 4.85. The van der Waals surface area contributed by atoms with Crippen LogP contribution in [-0.2, 0) is 0 Å². The van der Waals surface area contributed by atoms with Crippen LogP contribution in [0.4, 0.5) is 0 Å². The van der Waals surface area contributed by atoms with Gasteiger partial charge in [0, 0.05) is 18.4 Å². The molecule has 0 aliphatic rings. The fourth-order valence-electron chi connectivity index (χ4n) is 2.55. The van der Waals surface area contributed by atoms with E-state index in [4.69, 9.17) is 5.26 Å². The summed E-state index contributed by atoms with van der Waals surface area (Å²) in [6, 6.07) is 10.4. The molecule has 6 nitrogen and oxygen atoms in total. The van der Waals surface area contributed by atoms with Gasteiger partial charge in [-0.25, -0.2) is 4.98 Å². The van der Waals surface area contributed by atoms with Crippen molar-refractivity contribution in [2.45, 2.75) is 30.8 Å². The van der Waals surface area contributed by atoms with E-state index in [0.717, 1.165) is 25.0 Å². The van der Waals surface area contributed by atoms with E-state index in [1.807, 2.05) is 0 Å². The van der Waals surface area contributed by atoms with Crippen LogP contribution < -0.4 is 5.56 Å². The second-order valence-corrected chi connectivity index (χ2v) is 6.67. The van der Waals surface area contributed by atoms with E-state index in [1.165, 1.54) is 11.8 Å². The Labute approximate surface area is 149 Å². The monoisotopic (exact) mass is 354 g/mol. The quantitative estimate of drug-likeness (QED) is 0.384. The maximum atomic E-state index is 12.8. The van der Waals surface area contributed by atoms with Crippen LogP contribution in [0.1, 0.15) is 25.7 Å². The molecule has 2 N–H and O–H groups in total. The molecule has 0 amide bonds. The molecule has 0 spiro atoms. The number of aromatic amines is 1. The van der Waals surface area contributed by atoms with Crippen molar-refractivity contribution >= 4 is 22.8 Å². The molecule has 0 fully saturated rings. The van der Waals surface area contributed by atoms with E-state index in [0.29, 0.717) is 28.3 Å². The van der Waals surface area contributed by atoms with Crippen molar-refractivity contribution in [3.05, 3.63) is 46.9 Å². The molecule has 128 valence electrons. The number of phenolic OH excluding ortho intramolecular Hbond substituents is 1. The minimum Gasteiger partial charge on any atom is -0.508 e. The molecule has 1 aromatic carbocycles. The van der Waals surface area contributed by atoms with Crippen molar-refractivity contribution < 1.29 is 5.11 Å². The molecule has 0 saturated carbocycles. The highest BCUT2D eigenvalue weighted by molar-refractivity contribution is 7.99. The molecule has 2 aromatic heterocycles. The fourth-order valence-corrected chi connectivity index (χ4v) is 3.56. The lowest BCUT2D eigenvalue weighted by Crippen LogP contribution is -2.21. The van der Waals surface area contributed by atoms with Crippen molar-refractivity contribution in [2.75, 3.05) is 5.75 Å². The molecule has 3 rings (SSSR count). The highest BCUT2D eigenvalue weighted by Gasteiger charge is 2.14. The second-order valence-electron chi connectivity index (χ2n) is 5.61. The summed E-state index contributed by atoms with van der Waals surface area (Å²) in [7, 11) is 0. The summed E-state index contributed by atoms with van der Waals surface area (Å²) >= 11 is 1.53. The van der Waals surface area contributed by atoms with Gasteiger partial charge in [0.25, 0.3) is 5.56 Å². The molecule has 0 saturated heterocycles. The van der Waals surface area contributed by atoms with E-state index >= 15 is 0 Å². The lowest BCUT2D eigenvalue weighted by atomic mass is 10.2. The number of nitrogens with one attached hydrogen (secondary N) is 1. The van der Waals surface area contributed by atoms with Crippen molar-refractivity contribution in [3.63, 3.8) is 0 Å². The van der Waals surface area contributed by atoms with Crippen molar-refractivity contribution in [1.82, 2.24) is 14.5 Å². The highest BCUT2D eigenvalue weighted by atomic mass is 32.2. The number of hydrogen-bond donors (Lipinski definition) is 2. The number of nitriles is 1. The zero-order valence-electron chi connectivity index (χ0n) is 13.6. The van der Waals surface area contributed by atoms with Crippen molar-refractivity contribution in [2.24, 2.45) is 0 Å². The summed E-state index contributed by atoms with van der Waals surface area (Å²) in [5, 5.41) is 18.7. The minimum absolute atomic E-state index is 0.150. The lowest BCUT2D eigenvalue weighted by Gasteiger charge is -2.12. The van der Waals surface area contributed by atoms with E-state index in [1.54, 1.807) is 41.1 Å². The zero-order valence-corrected chi connectivity index (χ0v) is 14.4. The molecule has 7 heteroatoms. The Hall–Kier alpha value is -2.72. The van der Waals surface area contributed by atoms with E-state index in [9.17, 15) is 9.90 Å². The number of hydrogen-bond acceptors (Lipinski definition) is 5. The van der Waals surface area contributed by atoms with Gasteiger partial charge >= 0.3 is 0 Å². The fraction of sp³-hybridized carbons (Fsp3) is 0.278. The number of benzene rings is 1. The van der Waals surface area contributed by atoms with Gasteiger partial charge in [0.1, 0.15) is 11.3 Å². The molecule has 25 heavy (non-hydrogen) atoms. The molecule has 0 bridgehead atoms. The zero-order chi connectivity index (χ0) is 17.6. The van der Waals surface area contributed by atoms with Gasteiger partial charge in [0.15, 0.2) is 5.16 Å². The van der Waals surface area contributed by atoms with Gasteiger partial charge in [-0.3, -0.25) is 9.36 Å². The Kier molecular flexibility index (Phi) is 5.41. The molecular formula is C18H18N4O2S. The smallest absolute Gasteiger partial charge is 0.283 e. The van der Waals surface area contributed by atoms with Crippen molar-refractivity contribution in [1.29, 1.82) is 5.26 Å². The number of thioether (sulfide) groups is 1. The summed E-state index contributed by atoms with van der Waals surface area (Å²) in [4.78, 5) is 20.4. The predicted octanol–water partition coefficient (Wildman–Crippen LogP) is 3.60. The molecule has 0 radical (unpaired) electrons. The highest BCUT2D eigenvalue weighted by Crippen LogP contribution is 2.23. The first-order valence-electron chi connectivity index (χ1n) is 8.10. The van der Waals surface area contributed by atoms with Gasteiger partial charge in [-0.05, 0) is 43.2 Å². The first kappa shape index (κ1) is 17.1. The van der Waals surface area contributed by atoms with Gasteiger partial charge < -0.3 is 10.1 Å². The van der Waals surface area contributed by atoms with Crippen LogP contribution in [0.15, 0.2) is 46.5 Å². The Bertz CT molecular complexity index is 954. The third-order valence-electron chi connectivity index (χ3n) is 3.82. The maximum absolute atomic E-state index is 12.8. The summed E-state index contributed by atoms with van der Waals surface area (Å²) < 4.78 is 1.57. The molecule has 0 atom stereocenters. The summed E-state index contributed by atoms with van der Waals surface area (Å²) in [5.74, 6) is 0.976. The van der Waals surface area contributed by atoms with Gasteiger partial charge in [0.2, 0.25) is 0 Å². The molecule has 0 unspecified atom stereocenters. The first-order chi connectivity index (χ1) is 12.2. The van der Waals surface area contributed by atoms with Gasteiger partial charge in [0.05, 0.1) is 17.3 Å². The summed E-state index contributed by atoms with van der Waals surface area (Å²) in [5.41, 5.74) is 1.62. The van der Waals surface area contributed by atoms with Crippen LogP contribution in [0.25, 0.3) is 16.7 Å². The number of rotatable bonds is 7. The largest absolute Gasteiger partial charge is 0.508 e. The topological polar surface area (TPSA) is 94.7 Å². The standard InChI is InChI=1S/C18H18N4O2S/c19-10-3-1-2-4-12-25-18-21-15-9-11-20-16(15)17(24)22(18)13-5-7-14(23)8-6-13/h5-9,11,20,23H,1-4,12H2. The third kappa shape index (κ3) is 3.86. The average molecular weight is 354 g/mol. The number of fused-ring (bicyclic) bond motifs is 1. The number of aromatic nitrogens is 3. The summed E-state index contributed by atoms with van der Waals surface area (Å²) in [6.07, 6.45) is 5.12. The Morgan fingerprint density at radius 1 is 1.20 bits per heavy atom. The van der Waals surface area contributed by atoms with Gasteiger partial charge in [-0.1, -0.05) is 18.2 Å². The molecule has 2 heterocycles. The van der Waals surface area contributed by atoms with E-state index in [-0.39, 0.29) is 11.3 Å². The summed E-state index contributed by atoms with van der Waals surface area (Å²) in [6.45, 7) is 0. The molecule has 0 aliphatic heterocycles. The number of nitrogens with zero attached hydrogens (tertiary/aromatic N) is 3. The average Bonchev–Trinajstić information content (AvgIpc) is 3.08. The van der Waals surface area contributed by atoms with Crippen LogP contribution in [0.3, 0.4) is 0 Å². The number of phenols is 1. The predicted molar refractivity (Wildman–Crippen MR) is 98.2 cm³/mol. The number of aromatic hydroxyl groups is 1. The van der Waals surface area contributed by atoms with Crippen LogP contribution >= 0.6 is 11.8 Å². The van der Waals surface area contributed by atoms with Gasteiger partial charge in [-0.2, -0.15) is 5.26 Å². The number of H-pyrrole nitrogens is 1. The minimum atomic E-state index is -0.160. The van der Waals surface area contributed by atoms with Crippen LogP contribution in [0, 0.1) is 11.3 Å². The van der Waals surface area contributed by atoms with Gasteiger partial charge in [-0.15, -0.1) is 0 Å². The lowest BCUT2D eigenvalue weighted by molar-refractivity contribution is 0.475. The van der Waals surface area contributed by atoms with Crippen LogP contribution in [0.2, 0.25) is 0 Å². The molecule has 3 aromatic rings. The Morgan fingerprint density at radius 2 is 2.00 bits per heavy atom. The van der Waals surface area contributed by atoms with E-state index in [2.05, 4.69) is 16.0 Å². The molecule has 0 aliphatic carbocycles. The Morgan fingerprint density at radius 3 is 2.76 bits per heavy atom.